The summed E-state index contributed by atoms with van der Waals surface area (Å²) in [6.07, 6.45) is 2.95. The first-order valence-corrected chi connectivity index (χ1v) is 7.55. The molecule has 18 heavy (non-hydrogen) atoms. The Hall–Kier alpha value is -1.11. The predicted octanol–water partition coefficient (Wildman–Crippen LogP) is 0.855. The summed E-state index contributed by atoms with van der Waals surface area (Å²) >= 11 is 0. The van der Waals surface area contributed by atoms with Gasteiger partial charge in [-0.15, -0.1) is 0 Å². The monoisotopic (exact) mass is 270 g/mol. The number of hydrogen-bond donors (Lipinski definition) is 2. The predicted molar refractivity (Wildman–Crippen MR) is 69.0 cm³/mol. The van der Waals surface area contributed by atoms with E-state index in [4.69, 9.17) is 10.5 Å². The van der Waals surface area contributed by atoms with Crippen molar-refractivity contribution in [1.82, 2.24) is 4.72 Å². The van der Waals surface area contributed by atoms with E-state index >= 15 is 0 Å². The fourth-order valence-corrected chi connectivity index (χ4v) is 3.01. The lowest BCUT2D eigenvalue weighted by Gasteiger charge is -2.26. The summed E-state index contributed by atoms with van der Waals surface area (Å²) in [4.78, 5) is 0.273. The van der Waals surface area contributed by atoms with Crippen LogP contribution in [0.2, 0.25) is 0 Å². The molecule has 0 amide bonds. The van der Waals surface area contributed by atoms with Crippen LogP contribution >= 0.6 is 0 Å². The molecule has 5 nitrogen and oxygen atoms in total. The maximum absolute atomic E-state index is 12.0. The number of hydrogen-bond acceptors (Lipinski definition) is 4. The van der Waals surface area contributed by atoms with Crippen LogP contribution in [-0.4, -0.2) is 27.6 Å². The second-order valence-electron chi connectivity index (χ2n) is 4.36. The van der Waals surface area contributed by atoms with Gasteiger partial charge in [-0.25, -0.2) is 13.1 Å². The van der Waals surface area contributed by atoms with Gasteiger partial charge in [-0.05, 0) is 37.1 Å². The molecular weight excluding hydrogens is 252 g/mol. The third-order valence-electron chi connectivity index (χ3n) is 2.95. The Morgan fingerprint density at radius 2 is 1.94 bits per heavy atom. The van der Waals surface area contributed by atoms with Crippen LogP contribution in [0.1, 0.15) is 19.3 Å². The van der Waals surface area contributed by atoms with Crippen LogP contribution in [0.3, 0.4) is 0 Å². The molecule has 1 saturated carbocycles. The summed E-state index contributed by atoms with van der Waals surface area (Å²) in [6.45, 7) is 0.857. The molecule has 0 aromatic heterocycles. The highest BCUT2D eigenvalue weighted by atomic mass is 32.2. The lowest BCUT2D eigenvalue weighted by atomic mass is 9.94. The minimum Gasteiger partial charge on any atom is -0.492 e. The van der Waals surface area contributed by atoms with E-state index in [0.717, 1.165) is 19.3 Å². The Balaban J connectivity index is 2.03. The van der Waals surface area contributed by atoms with Crippen molar-refractivity contribution >= 4 is 10.0 Å². The lowest BCUT2D eigenvalue weighted by molar-refractivity contribution is 0.328. The molecule has 0 atom stereocenters. The molecule has 1 aliphatic rings. The summed E-state index contributed by atoms with van der Waals surface area (Å²) in [5.41, 5.74) is 5.32. The number of benzene rings is 1. The number of sulfonamides is 1. The van der Waals surface area contributed by atoms with Crippen LogP contribution in [-0.2, 0) is 10.0 Å². The molecule has 0 spiro atoms. The first kappa shape index (κ1) is 13.3. The van der Waals surface area contributed by atoms with Crippen molar-refractivity contribution in [2.24, 2.45) is 5.73 Å². The number of nitrogens with one attached hydrogen (secondary N) is 1. The number of ether oxygens (including phenoxy) is 1. The van der Waals surface area contributed by atoms with Gasteiger partial charge in [-0.1, -0.05) is 6.42 Å². The van der Waals surface area contributed by atoms with Crippen LogP contribution in [0.25, 0.3) is 0 Å². The van der Waals surface area contributed by atoms with Gasteiger partial charge >= 0.3 is 0 Å². The normalized spacial score (nSPS) is 16.3. The van der Waals surface area contributed by atoms with Gasteiger partial charge in [0.1, 0.15) is 12.4 Å². The average molecular weight is 270 g/mol. The maximum Gasteiger partial charge on any atom is 0.240 e. The highest BCUT2D eigenvalue weighted by Crippen LogP contribution is 2.22. The molecule has 0 bridgehead atoms. The summed E-state index contributed by atoms with van der Waals surface area (Å²) in [7, 11) is -3.39. The second-order valence-corrected chi connectivity index (χ2v) is 6.07. The summed E-state index contributed by atoms with van der Waals surface area (Å²) in [5.74, 6) is 0.628. The largest absolute Gasteiger partial charge is 0.492 e. The molecule has 0 aliphatic heterocycles. The van der Waals surface area contributed by atoms with Gasteiger partial charge in [0.05, 0.1) is 4.90 Å². The zero-order valence-electron chi connectivity index (χ0n) is 10.1. The quantitative estimate of drug-likeness (QED) is 0.803. The van der Waals surface area contributed by atoms with Crippen molar-refractivity contribution in [2.45, 2.75) is 30.2 Å². The van der Waals surface area contributed by atoms with Gasteiger partial charge in [-0.2, -0.15) is 0 Å². The second kappa shape index (κ2) is 5.69. The van der Waals surface area contributed by atoms with Crippen LogP contribution < -0.4 is 15.2 Å². The summed E-state index contributed by atoms with van der Waals surface area (Å²) < 4.78 is 32.0. The highest BCUT2D eigenvalue weighted by Gasteiger charge is 2.24. The first-order valence-electron chi connectivity index (χ1n) is 6.07. The van der Waals surface area contributed by atoms with Crippen LogP contribution in [0, 0.1) is 0 Å². The van der Waals surface area contributed by atoms with Gasteiger partial charge in [-0.3, -0.25) is 0 Å². The van der Waals surface area contributed by atoms with Crippen molar-refractivity contribution in [1.29, 1.82) is 0 Å². The molecular formula is C12H18N2O3S. The van der Waals surface area contributed by atoms with E-state index in [2.05, 4.69) is 4.72 Å². The number of rotatable bonds is 6. The SMILES string of the molecule is NCCOc1ccc(S(=O)(=O)NC2CCC2)cc1. The van der Waals surface area contributed by atoms with Crippen molar-refractivity contribution in [3.8, 4) is 5.75 Å². The van der Waals surface area contributed by atoms with E-state index in [0.29, 0.717) is 18.9 Å². The van der Waals surface area contributed by atoms with Crippen molar-refractivity contribution in [3.05, 3.63) is 24.3 Å². The average Bonchev–Trinajstić information content (AvgIpc) is 2.32. The van der Waals surface area contributed by atoms with Gasteiger partial charge < -0.3 is 10.5 Å². The minimum absolute atomic E-state index is 0.100. The van der Waals surface area contributed by atoms with Crippen LogP contribution in [0.15, 0.2) is 29.2 Å². The molecule has 1 aromatic carbocycles. The molecule has 1 aliphatic carbocycles. The van der Waals surface area contributed by atoms with Crippen LogP contribution in [0.5, 0.6) is 5.75 Å². The smallest absolute Gasteiger partial charge is 0.240 e. The fourth-order valence-electron chi connectivity index (χ4n) is 1.71. The zero-order valence-corrected chi connectivity index (χ0v) is 10.9. The summed E-state index contributed by atoms with van der Waals surface area (Å²) in [6, 6.07) is 6.48. The highest BCUT2D eigenvalue weighted by molar-refractivity contribution is 7.89. The van der Waals surface area contributed by atoms with Gasteiger partial charge in [0.15, 0.2) is 0 Å². The van der Waals surface area contributed by atoms with E-state index < -0.39 is 10.0 Å². The van der Waals surface area contributed by atoms with Crippen molar-refractivity contribution in [2.75, 3.05) is 13.2 Å². The Morgan fingerprint density at radius 1 is 1.28 bits per heavy atom. The first-order chi connectivity index (χ1) is 8.62. The number of nitrogens with two attached hydrogens (primary N) is 1. The molecule has 1 aromatic rings. The Labute approximate surface area is 107 Å². The van der Waals surface area contributed by atoms with E-state index in [9.17, 15) is 8.42 Å². The molecule has 0 saturated heterocycles. The third kappa shape index (κ3) is 3.22. The Morgan fingerprint density at radius 3 is 2.44 bits per heavy atom. The Bertz CT molecular complexity index is 481. The fraction of sp³-hybridized carbons (Fsp3) is 0.500. The molecule has 2 rings (SSSR count). The van der Waals surface area contributed by atoms with E-state index in [1.807, 2.05) is 0 Å². The molecule has 100 valence electrons. The third-order valence-corrected chi connectivity index (χ3v) is 4.48. The molecule has 6 heteroatoms. The zero-order chi connectivity index (χ0) is 13.0. The topological polar surface area (TPSA) is 81.4 Å². The van der Waals surface area contributed by atoms with E-state index in [-0.39, 0.29) is 10.9 Å². The molecule has 0 unspecified atom stereocenters. The molecule has 0 heterocycles. The lowest BCUT2D eigenvalue weighted by Crippen LogP contribution is -2.39. The van der Waals surface area contributed by atoms with Crippen molar-refractivity contribution in [3.63, 3.8) is 0 Å². The van der Waals surface area contributed by atoms with Crippen molar-refractivity contribution < 1.29 is 13.2 Å². The van der Waals surface area contributed by atoms with Gasteiger partial charge in [0.2, 0.25) is 10.0 Å². The van der Waals surface area contributed by atoms with Gasteiger partial charge in [0, 0.05) is 12.6 Å². The van der Waals surface area contributed by atoms with Crippen LogP contribution in [0.4, 0.5) is 0 Å². The maximum atomic E-state index is 12.0. The van der Waals surface area contributed by atoms with Gasteiger partial charge in [0.25, 0.3) is 0 Å². The summed E-state index contributed by atoms with van der Waals surface area (Å²) in [5, 5.41) is 0. The minimum atomic E-state index is -3.39. The molecule has 3 N–H and O–H groups in total. The molecule has 1 fully saturated rings. The Kier molecular flexibility index (Phi) is 4.21. The van der Waals surface area contributed by atoms with E-state index in [1.165, 1.54) is 0 Å². The molecule has 0 radical (unpaired) electrons. The standard InChI is InChI=1S/C12H18N2O3S/c13-8-9-17-11-4-6-12(7-5-11)18(15,16)14-10-2-1-3-10/h4-7,10,14H,1-3,8-9,13H2. The van der Waals surface area contributed by atoms with E-state index in [1.54, 1.807) is 24.3 Å².